The standard InChI is InChI=1S/C56H88O24/c1-11-24(2)46(70)80-45-44(69)56(23-73-25(3)60)27(18-51(45,4)5)26-12-13-31-52(6)16-15-33(53(7,22-59)30(52)14-17-54(31,8)55(26,9)19-32(56)61)76-50-42(78-49-39(67)37(65)35(63)29(21-58)75-49)40(68)41(43(79-50)47(71)72-10)77-48-38(66)36(64)34(62)28(20-57)74-48/h11-12,27-45,48-50,57-59,61-69H,13-23H2,1-10H3/t27-,28+,29+,30+,31+,32+,33-,34+,35+,36-,37-,38+,39+,40-,41-,42+,43-,44-,45-,48-,49-,50+,52-,53+,54+,55+,56-/m0/s1. The molecule has 27 atom stereocenters. The molecule has 0 aromatic carbocycles. The molecule has 0 unspecified atom stereocenters. The normalized spacial score (nSPS) is 50.1. The molecule has 3 heterocycles. The van der Waals surface area contributed by atoms with Gasteiger partial charge in [-0.2, -0.15) is 0 Å². The smallest absolute Gasteiger partial charge is 0.337 e. The Balaban J connectivity index is 1.12. The molecule has 8 aliphatic rings. The Morgan fingerprint density at radius 2 is 1.29 bits per heavy atom. The van der Waals surface area contributed by atoms with E-state index in [9.17, 15) is 75.7 Å². The van der Waals surface area contributed by atoms with Crippen LogP contribution in [0.3, 0.4) is 0 Å². The third kappa shape index (κ3) is 10.1. The second-order valence-corrected chi connectivity index (χ2v) is 25.8. The van der Waals surface area contributed by atoms with Gasteiger partial charge in [-0.05, 0) is 92.8 Å². The topological polar surface area (TPSA) is 377 Å². The van der Waals surface area contributed by atoms with Gasteiger partial charge in [-0.3, -0.25) is 4.79 Å². The molecule has 0 aromatic rings. The van der Waals surface area contributed by atoms with Crippen molar-refractivity contribution < 1.29 is 118 Å². The molecule has 0 amide bonds. The molecule has 0 bridgehead atoms. The maximum absolute atomic E-state index is 13.7. The van der Waals surface area contributed by atoms with Crippen LogP contribution in [0.25, 0.3) is 0 Å². The number of aliphatic hydroxyl groups excluding tert-OH is 12. The molecule has 5 aliphatic carbocycles. The fourth-order valence-electron chi connectivity index (χ4n) is 16.2. The first-order valence-corrected chi connectivity index (χ1v) is 28.1. The molecular weight excluding hydrogens is 1060 g/mol. The first-order chi connectivity index (χ1) is 37.4. The molecule has 0 radical (unpaired) electrons. The van der Waals surface area contributed by atoms with Crippen LogP contribution in [-0.2, 0) is 57.0 Å². The summed E-state index contributed by atoms with van der Waals surface area (Å²) in [5, 5.41) is 134. The van der Waals surface area contributed by atoms with E-state index in [1.165, 1.54) is 6.92 Å². The second-order valence-electron chi connectivity index (χ2n) is 25.8. The van der Waals surface area contributed by atoms with Crippen LogP contribution in [0, 0.1) is 50.2 Å². The summed E-state index contributed by atoms with van der Waals surface area (Å²) in [4.78, 5) is 39.6. The van der Waals surface area contributed by atoms with Crippen molar-refractivity contribution in [2.24, 2.45) is 50.2 Å². The molecule has 24 nitrogen and oxygen atoms in total. The van der Waals surface area contributed by atoms with Gasteiger partial charge in [0, 0.05) is 23.3 Å². The maximum atomic E-state index is 13.7. The quantitative estimate of drug-likeness (QED) is 0.0318. The summed E-state index contributed by atoms with van der Waals surface area (Å²) in [5.41, 5.74) is -3.68. The summed E-state index contributed by atoms with van der Waals surface area (Å²) >= 11 is 0. The van der Waals surface area contributed by atoms with E-state index in [-0.39, 0.29) is 31.3 Å². The zero-order valence-corrected chi connectivity index (χ0v) is 47.4. The molecule has 24 heteroatoms. The zero-order valence-electron chi connectivity index (χ0n) is 47.4. The molecule has 3 aliphatic heterocycles. The Hall–Kier alpha value is -2.83. The second kappa shape index (κ2) is 23.2. The van der Waals surface area contributed by atoms with Gasteiger partial charge in [-0.25, -0.2) is 9.59 Å². The molecule has 456 valence electrons. The Morgan fingerprint density at radius 3 is 1.82 bits per heavy atom. The summed E-state index contributed by atoms with van der Waals surface area (Å²) < 4.78 is 53.5. The number of methoxy groups -OCH3 is 1. The maximum Gasteiger partial charge on any atom is 0.337 e. The van der Waals surface area contributed by atoms with Crippen LogP contribution in [0.4, 0.5) is 0 Å². The van der Waals surface area contributed by atoms with Crippen LogP contribution in [-0.4, -0.2) is 229 Å². The third-order valence-electron chi connectivity index (χ3n) is 21.2. The molecular formula is C56H88O24. The number of allylic oxidation sites excluding steroid dienone is 3. The Morgan fingerprint density at radius 1 is 0.700 bits per heavy atom. The van der Waals surface area contributed by atoms with Crippen LogP contribution >= 0.6 is 0 Å². The Bertz CT molecular complexity index is 2310. The molecule has 7 fully saturated rings. The summed E-state index contributed by atoms with van der Waals surface area (Å²) in [6, 6.07) is 0. The van der Waals surface area contributed by atoms with Gasteiger partial charge in [0.05, 0.1) is 44.6 Å². The highest BCUT2D eigenvalue weighted by atomic mass is 16.8. The van der Waals surface area contributed by atoms with Gasteiger partial charge in [-0.1, -0.05) is 59.3 Å². The van der Waals surface area contributed by atoms with Gasteiger partial charge in [0.2, 0.25) is 0 Å². The molecule has 3 saturated heterocycles. The number of rotatable bonds is 14. The van der Waals surface area contributed by atoms with Crippen LogP contribution in [0.2, 0.25) is 0 Å². The van der Waals surface area contributed by atoms with Gasteiger partial charge >= 0.3 is 17.9 Å². The summed E-state index contributed by atoms with van der Waals surface area (Å²) in [5.74, 6) is -3.18. The number of carbonyl (C=O) groups excluding carboxylic acids is 3. The minimum absolute atomic E-state index is 0.0689. The average molecular weight is 1150 g/mol. The average Bonchev–Trinajstić information content (AvgIpc) is 2.43. The van der Waals surface area contributed by atoms with Crippen LogP contribution in [0.5, 0.6) is 0 Å². The Kier molecular flexibility index (Phi) is 18.3. The summed E-state index contributed by atoms with van der Waals surface area (Å²) in [7, 11) is 1.02. The van der Waals surface area contributed by atoms with Gasteiger partial charge in [0.1, 0.15) is 86.0 Å². The highest BCUT2D eigenvalue weighted by Gasteiger charge is 2.74. The van der Waals surface area contributed by atoms with E-state index in [0.717, 1.165) is 12.7 Å². The minimum Gasteiger partial charge on any atom is -0.467 e. The van der Waals surface area contributed by atoms with Crippen molar-refractivity contribution in [2.45, 2.75) is 224 Å². The molecule has 80 heavy (non-hydrogen) atoms. The number of hydrogen-bond donors (Lipinski definition) is 12. The minimum atomic E-state index is -2.09. The lowest BCUT2D eigenvalue weighted by Gasteiger charge is -2.72. The predicted octanol–water partition coefficient (Wildman–Crippen LogP) is -1.23. The largest absolute Gasteiger partial charge is 0.467 e. The number of aliphatic hydroxyl groups is 12. The van der Waals surface area contributed by atoms with Crippen LogP contribution in [0.1, 0.15) is 107 Å². The van der Waals surface area contributed by atoms with Gasteiger partial charge < -0.3 is 104 Å². The van der Waals surface area contributed by atoms with Crippen molar-refractivity contribution in [1.29, 1.82) is 0 Å². The van der Waals surface area contributed by atoms with Crippen molar-refractivity contribution in [2.75, 3.05) is 33.5 Å². The number of fused-ring (bicyclic) bond motifs is 7. The summed E-state index contributed by atoms with van der Waals surface area (Å²) in [6.45, 7) is 14.5. The monoisotopic (exact) mass is 1140 g/mol. The lowest BCUT2D eigenvalue weighted by molar-refractivity contribution is -0.392. The van der Waals surface area contributed by atoms with E-state index < -0.39 is 193 Å². The van der Waals surface area contributed by atoms with E-state index in [1.54, 1.807) is 19.9 Å². The third-order valence-corrected chi connectivity index (χ3v) is 21.2. The van der Waals surface area contributed by atoms with Crippen molar-refractivity contribution in [1.82, 2.24) is 0 Å². The van der Waals surface area contributed by atoms with E-state index in [2.05, 4.69) is 26.8 Å². The zero-order chi connectivity index (χ0) is 59.1. The first-order valence-electron chi connectivity index (χ1n) is 28.1. The van der Waals surface area contributed by atoms with Crippen LogP contribution < -0.4 is 0 Å². The molecule has 0 spiro atoms. The number of carbonyl (C=O) groups is 3. The number of hydrogen-bond acceptors (Lipinski definition) is 24. The Labute approximate surface area is 465 Å². The van der Waals surface area contributed by atoms with Crippen molar-refractivity contribution in [3.63, 3.8) is 0 Å². The van der Waals surface area contributed by atoms with Gasteiger partial charge in [0.15, 0.2) is 25.0 Å². The SMILES string of the molecule is CC=C(C)C(=O)O[C@H]1[C@H](O)[C@]2(COC(C)=O)[C@H](O)C[C@]3(C)C(=CC[C@@H]4[C@@]5(C)CC[C@H](O[C@@H]6O[C@H](C(=O)OC)[C@@H](O[C@@H]7O[C@H](CO)[C@@H](O)[C@H](O)[C@H]7O)[C@H](O)[C@H]6O[C@@H]6O[C@H](CO)[C@@H](O)[C@H](O)[C@H]6O)[C@](C)(CO)[C@@H]5CC[C@]43C)[C@@H]2CC1(C)C. The van der Waals surface area contributed by atoms with Gasteiger partial charge in [0.25, 0.3) is 0 Å². The van der Waals surface area contributed by atoms with E-state index >= 15 is 0 Å². The lowest BCUT2D eigenvalue weighted by atomic mass is 9.33. The fraction of sp³-hybridized carbons (Fsp3) is 0.875. The lowest BCUT2D eigenvalue weighted by Crippen LogP contribution is -2.72. The molecule has 4 saturated carbocycles. The first kappa shape index (κ1) is 63.2. The van der Waals surface area contributed by atoms with Gasteiger partial charge in [-0.15, -0.1) is 0 Å². The number of ether oxygens (including phenoxy) is 9. The molecule has 12 N–H and O–H groups in total. The molecule has 8 rings (SSSR count). The van der Waals surface area contributed by atoms with E-state index in [4.69, 9.17) is 42.6 Å². The fourth-order valence-corrected chi connectivity index (χ4v) is 16.2. The predicted molar refractivity (Wildman–Crippen MR) is 273 cm³/mol. The van der Waals surface area contributed by atoms with Crippen molar-refractivity contribution >= 4 is 17.9 Å². The number of esters is 3. The van der Waals surface area contributed by atoms with Crippen molar-refractivity contribution in [3.8, 4) is 0 Å². The summed E-state index contributed by atoms with van der Waals surface area (Å²) in [6.07, 6.45) is -25.7. The van der Waals surface area contributed by atoms with E-state index in [1.807, 2.05) is 20.8 Å². The van der Waals surface area contributed by atoms with Crippen molar-refractivity contribution in [3.05, 3.63) is 23.3 Å². The highest BCUT2D eigenvalue weighted by molar-refractivity contribution is 5.87. The molecule has 0 aromatic heterocycles. The van der Waals surface area contributed by atoms with Crippen LogP contribution in [0.15, 0.2) is 23.3 Å². The highest BCUT2D eigenvalue weighted by Crippen LogP contribution is 2.76. The van der Waals surface area contributed by atoms with E-state index in [0.29, 0.717) is 37.7 Å².